The van der Waals surface area contributed by atoms with Crippen LogP contribution in [0.15, 0.2) is 120 Å². The largest absolute Gasteiger partial charge is 0.457 e. The molecule has 2 N–H and O–H groups in total. The number of ketones is 1. The fraction of sp³-hybridized carbons (Fsp3) is 0.0294. The lowest BCUT2D eigenvalue weighted by Gasteiger charge is -2.13. The second kappa shape index (κ2) is 13.2. The molecule has 10 heteroatoms. The molecule has 0 fully saturated rings. The molecule has 44 heavy (non-hydrogen) atoms. The van der Waals surface area contributed by atoms with Crippen LogP contribution in [0, 0.1) is 15.9 Å². The van der Waals surface area contributed by atoms with Gasteiger partial charge in [-0.05, 0) is 66.2 Å². The number of carbonyl (C=O) groups is 3. The fourth-order valence-electron chi connectivity index (χ4n) is 4.33. The summed E-state index contributed by atoms with van der Waals surface area (Å²) < 4.78 is 19.0. The monoisotopic (exact) mass is 589 g/mol. The number of anilines is 2. The zero-order valence-electron chi connectivity index (χ0n) is 23.0. The van der Waals surface area contributed by atoms with E-state index < -0.39 is 22.6 Å². The summed E-state index contributed by atoms with van der Waals surface area (Å²) in [6.45, 7) is 0. The number of furan rings is 1. The SMILES string of the molecule is O=C(/C=C/c1ccc(-c2ccc([N+](=O)[O-])cc2)o1)Nc1ccc(NC(=O)Cc2ccc(F)cc2)c(C(=O)c2ccccc2)c1. The lowest BCUT2D eigenvalue weighted by Crippen LogP contribution is -2.18. The quantitative estimate of drug-likeness (QED) is 0.0776. The van der Waals surface area contributed by atoms with Crippen LogP contribution in [-0.2, 0) is 16.0 Å². The summed E-state index contributed by atoms with van der Waals surface area (Å²) in [6, 6.07) is 27.9. The molecule has 1 heterocycles. The maximum absolute atomic E-state index is 13.4. The summed E-state index contributed by atoms with van der Waals surface area (Å²) in [5.41, 5.74) is 2.35. The van der Waals surface area contributed by atoms with Gasteiger partial charge in [-0.1, -0.05) is 42.5 Å². The number of nitrogens with one attached hydrogen (secondary N) is 2. The van der Waals surface area contributed by atoms with Crippen molar-refractivity contribution >= 4 is 40.7 Å². The number of rotatable bonds is 10. The molecule has 0 aliphatic heterocycles. The molecule has 0 unspecified atom stereocenters. The maximum Gasteiger partial charge on any atom is 0.269 e. The number of hydrogen-bond acceptors (Lipinski definition) is 6. The van der Waals surface area contributed by atoms with Crippen LogP contribution in [0.4, 0.5) is 21.5 Å². The van der Waals surface area contributed by atoms with Gasteiger partial charge >= 0.3 is 0 Å². The topological polar surface area (TPSA) is 132 Å². The third kappa shape index (κ3) is 7.37. The number of nitro benzene ring substituents is 1. The van der Waals surface area contributed by atoms with E-state index >= 15 is 0 Å². The minimum Gasteiger partial charge on any atom is -0.457 e. The molecule has 9 nitrogen and oxygen atoms in total. The second-order valence-corrected chi connectivity index (χ2v) is 9.64. The zero-order chi connectivity index (χ0) is 31.1. The Hall–Kier alpha value is -6.16. The van der Waals surface area contributed by atoms with E-state index in [0.29, 0.717) is 33.9 Å². The van der Waals surface area contributed by atoms with E-state index in [-0.39, 0.29) is 29.1 Å². The minimum absolute atomic E-state index is 0.0266. The van der Waals surface area contributed by atoms with Gasteiger partial charge in [0.05, 0.1) is 17.0 Å². The van der Waals surface area contributed by atoms with Gasteiger partial charge < -0.3 is 15.1 Å². The average molecular weight is 590 g/mol. The standard InChI is InChI=1S/C34H24FN3O6/c35-25-10-6-22(7-11-25)20-33(40)37-30-17-12-26(21-29(30)34(41)24-4-2-1-3-5-24)36-32(39)19-16-28-15-18-31(44-28)23-8-13-27(14-9-23)38(42)43/h1-19,21H,20H2,(H,36,39)(H,37,40)/b19-16+. The minimum atomic E-state index is -0.496. The van der Waals surface area contributed by atoms with Crippen LogP contribution < -0.4 is 10.6 Å². The van der Waals surface area contributed by atoms with Crippen LogP contribution in [0.1, 0.15) is 27.2 Å². The summed E-state index contributed by atoms with van der Waals surface area (Å²) >= 11 is 0. The molecule has 0 aliphatic carbocycles. The van der Waals surface area contributed by atoms with E-state index in [1.54, 1.807) is 60.7 Å². The molecular weight excluding hydrogens is 565 g/mol. The zero-order valence-corrected chi connectivity index (χ0v) is 23.0. The molecule has 0 bridgehead atoms. The summed E-state index contributed by atoms with van der Waals surface area (Å²) in [5, 5.41) is 16.3. The van der Waals surface area contributed by atoms with Crippen molar-refractivity contribution < 1.29 is 28.1 Å². The van der Waals surface area contributed by atoms with Gasteiger partial charge in [-0.25, -0.2) is 4.39 Å². The van der Waals surface area contributed by atoms with Gasteiger partial charge in [0.25, 0.3) is 5.69 Å². The molecule has 0 saturated heterocycles. The van der Waals surface area contributed by atoms with E-state index in [4.69, 9.17) is 4.42 Å². The van der Waals surface area contributed by atoms with Crippen molar-refractivity contribution in [1.82, 2.24) is 0 Å². The van der Waals surface area contributed by atoms with Crippen LogP contribution in [0.3, 0.4) is 0 Å². The number of hydrogen-bond donors (Lipinski definition) is 2. The first-order valence-electron chi connectivity index (χ1n) is 13.4. The Morgan fingerprint density at radius 1 is 0.841 bits per heavy atom. The van der Waals surface area contributed by atoms with Crippen molar-refractivity contribution in [3.8, 4) is 11.3 Å². The van der Waals surface area contributed by atoms with Crippen LogP contribution in [0.25, 0.3) is 17.4 Å². The molecule has 0 atom stereocenters. The molecule has 5 aromatic rings. The highest BCUT2D eigenvalue weighted by atomic mass is 19.1. The van der Waals surface area contributed by atoms with Gasteiger partial charge in [0.2, 0.25) is 11.8 Å². The number of benzene rings is 4. The summed E-state index contributed by atoms with van der Waals surface area (Å²) in [4.78, 5) is 49.3. The summed E-state index contributed by atoms with van der Waals surface area (Å²) in [7, 11) is 0. The third-order valence-electron chi connectivity index (χ3n) is 6.51. The van der Waals surface area contributed by atoms with Crippen LogP contribution in [-0.4, -0.2) is 22.5 Å². The molecule has 0 radical (unpaired) electrons. The normalized spacial score (nSPS) is 10.8. The number of nitro groups is 1. The van der Waals surface area contributed by atoms with Crippen LogP contribution in [0.2, 0.25) is 0 Å². The Labute approximate surface area is 250 Å². The molecule has 218 valence electrons. The van der Waals surface area contributed by atoms with Crippen molar-refractivity contribution in [2.24, 2.45) is 0 Å². The van der Waals surface area contributed by atoms with Gasteiger partial charge in [-0.15, -0.1) is 0 Å². The predicted molar refractivity (Wildman–Crippen MR) is 164 cm³/mol. The first kappa shape index (κ1) is 29.3. The molecule has 0 aliphatic rings. The third-order valence-corrected chi connectivity index (χ3v) is 6.51. The highest BCUT2D eigenvalue weighted by molar-refractivity contribution is 6.15. The highest BCUT2D eigenvalue weighted by Gasteiger charge is 2.17. The van der Waals surface area contributed by atoms with Crippen molar-refractivity contribution in [3.63, 3.8) is 0 Å². The second-order valence-electron chi connectivity index (χ2n) is 9.64. The molecule has 4 aromatic carbocycles. The average Bonchev–Trinajstić information content (AvgIpc) is 3.51. The molecule has 0 spiro atoms. The Bertz CT molecular complexity index is 1860. The van der Waals surface area contributed by atoms with E-state index in [9.17, 15) is 28.9 Å². The van der Waals surface area contributed by atoms with Crippen LogP contribution >= 0.6 is 0 Å². The number of nitrogens with zero attached hydrogens (tertiary/aromatic N) is 1. The number of halogens is 1. The van der Waals surface area contributed by atoms with E-state index in [1.807, 2.05) is 0 Å². The molecule has 2 amide bonds. The summed E-state index contributed by atoms with van der Waals surface area (Å²) in [6.07, 6.45) is 2.70. The van der Waals surface area contributed by atoms with Gasteiger partial charge in [0.15, 0.2) is 5.78 Å². The Kier molecular flexibility index (Phi) is 8.81. The molecular formula is C34H24FN3O6. The van der Waals surface area contributed by atoms with E-state index in [0.717, 1.165) is 0 Å². The van der Waals surface area contributed by atoms with Crippen molar-refractivity contribution in [3.05, 3.63) is 154 Å². The van der Waals surface area contributed by atoms with Gasteiger partial charge in [0.1, 0.15) is 17.3 Å². The number of non-ortho nitro benzene ring substituents is 1. The van der Waals surface area contributed by atoms with Crippen LogP contribution in [0.5, 0.6) is 0 Å². The first-order chi connectivity index (χ1) is 21.2. The Morgan fingerprint density at radius 3 is 2.27 bits per heavy atom. The van der Waals surface area contributed by atoms with Gasteiger partial charge in [-0.2, -0.15) is 0 Å². The lowest BCUT2D eigenvalue weighted by atomic mass is 10.0. The highest BCUT2D eigenvalue weighted by Crippen LogP contribution is 2.26. The molecule has 5 rings (SSSR count). The van der Waals surface area contributed by atoms with E-state index in [2.05, 4.69) is 10.6 Å². The van der Waals surface area contributed by atoms with Gasteiger partial charge in [0, 0.05) is 40.6 Å². The smallest absolute Gasteiger partial charge is 0.269 e. The van der Waals surface area contributed by atoms with Crippen molar-refractivity contribution in [2.45, 2.75) is 6.42 Å². The first-order valence-corrected chi connectivity index (χ1v) is 13.4. The van der Waals surface area contributed by atoms with E-state index in [1.165, 1.54) is 60.7 Å². The van der Waals surface area contributed by atoms with Gasteiger partial charge in [-0.3, -0.25) is 24.5 Å². The predicted octanol–water partition coefficient (Wildman–Crippen LogP) is 7.06. The fourth-order valence-corrected chi connectivity index (χ4v) is 4.33. The summed E-state index contributed by atoms with van der Waals surface area (Å²) in [5.74, 6) is -0.805. The number of amides is 2. The lowest BCUT2D eigenvalue weighted by molar-refractivity contribution is -0.384. The van der Waals surface area contributed by atoms with Crippen molar-refractivity contribution in [1.29, 1.82) is 0 Å². The number of carbonyl (C=O) groups excluding carboxylic acids is 3. The maximum atomic E-state index is 13.4. The molecule has 1 aromatic heterocycles. The molecule has 0 saturated carbocycles. The Morgan fingerprint density at radius 2 is 1.57 bits per heavy atom. The van der Waals surface area contributed by atoms with Crippen molar-refractivity contribution in [2.75, 3.05) is 10.6 Å². The Balaban J connectivity index is 1.30.